The van der Waals surface area contributed by atoms with Gasteiger partial charge in [-0.1, -0.05) is 12.1 Å². The Hall–Kier alpha value is -2.44. The molecule has 2 bridgehead atoms. The molecule has 1 aromatic rings. The number of ether oxygens (including phenoxy) is 1. The minimum atomic E-state index is -2.44. The second kappa shape index (κ2) is 8.00. The van der Waals surface area contributed by atoms with Crippen molar-refractivity contribution in [2.45, 2.75) is 35.0 Å². The third kappa shape index (κ3) is 3.70. The lowest BCUT2D eigenvalue weighted by atomic mass is 9.84. The third-order valence-corrected chi connectivity index (χ3v) is 6.22. The molecule has 3 aliphatic heterocycles. The summed E-state index contributed by atoms with van der Waals surface area (Å²) < 4.78 is 5.34. The number of carbonyl (C=O) groups excluding carboxylic acids is 3. The zero-order chi connectivity index (χ0) is 22.2. The van der Waals surface area contributed by atoms with Crippen LogP contribution in [0.15, 0.2) is 41.5 Å². The summed E-state index contributed by atoms with van der Waals surface area (Å²) in [6, 6.07) is 6.72. The van der Waals surface area contributed by atoms with Crippen LogP contribution < -0.4 is 10.6 Å². The lowest BCUT2D eigenvalue weighted by molar-refractivity contribution is -0.220. The molecule has 162 valence electrons. The number of rotatable bonds is 7. The third-order valence-electron chi connectivity index (χ3n) is 5.11. The van der Waals surface area contributed by atoms with E-state index in [0.717, 1.165) is 13.2 Å². The molecule has 1 fully saturated rings. The van der Waals surface area contributed by atoms with Crippen molar-refractivity contribution in [3.63, 3.8) is 0 Å². The summed E-state index contributed by atoms with van der Waals surface area (Å²) in [5.41, 5.74) is -6.51. The van der Waals surface area contributed by atoms with Gasteiger partial charge in [-0.15, -0.1) is 11.8 Å². The average Bonchev–Trinajstić information content (AvgIpc) is 2.72. The van der Waals surface area contributed by atoms with Crippen LogP contribution in [0.3, 0.4) is 0 Å². The van der Waals surface area contributed by atoms with Crippen molar-refractivity contribution in [1.29, 1.82) is 0 Å². The number of aliphatic hydroxyl groups is 4. The molecular weight excluding hydrogens is 416 g/mol. The average molecular weight is 438 g/mol. The number of hydrogen-bond donors (Lipinski definition) is 6. The van der Waals surface area contributed by atoms with Crippen LogP contribution in [0.2, 0.25) is 0 Å². The van der Waals surface area contributed by atoms with Gasteiger partial charge in [0.2, 0.25) is 5.72 Å². The first kappa shape index (κ1) is 22.2. The van der Waals surface area contributed by atoms with Crippen LogP contribution in [0.5, 0.6) is 0 Å². The first-order chi connectivity index (χ1) is 14.1. The maximum Gasteiger partial charge on any atom is 0.291 e. The van der Waals surface area contributed by atoms with Crippen LogP contribution in [0, 0.1) is 5.92 Å². The van der Waals surface area contributed by atoms with Gasteiger partial charge in [-0.2, -0.15) is 0 Å². The van der Waals surface area contributed by atoms with Gasteiger partial charge in [-0.3, -0.25) is 14.4 Å². The molecule has 2 amide bonds. The Morgan fingerprint density at radius 2 is 2.07 bits per heavy atom. The first-order valence-electron chi connectivity index (χ1n) is 9.00. The van der Waals surface area contributed by atoms with E-state index >= 15 is 0 Å². The number of nitrogens with one attached hydrogen (secondary N) is 2. The van der Waals surface area contributed by atoms with Gasteiger partial charge in [0.1, 0.15) is 11.9 Å². The maximum absolute atomic E-state index is 12.8. The van der Waals surface area contributed by atoms with Crippen molar-refractivity contribution in [2.75, 3.05) is 12.4 Å². The van der Waals surface area contributed by atoms with Crippen molar-refractivity contribution in [2.24, 2.45) is 5.92 Å². The van der Waals surface area contributed by atoms with Crippen molar-refractivity contribution in [1.82, 2.24) is 10.6 Å². The van der Waals surface area contributed by atoms with Gasteiger partial charge >= 0.3 is 0 Å². The highest BCUT2D eigenvalue weighted by Crippen LogP contribution is 2.35. The van der Waals surface area contributed by atoms with Crippen LogP contribution in [-0.2, 0) is 14.3 Å². The molecular formula is C19H22N2O8S. The van der Waals surface area contributed by atoms with E-state index in [0.29, 0.717) is 16.7 Å². The molecule has 5 atom stereocenters. The highest BCUT2D eigenvalue weighted by Gasteiger charge is 2.64. The number of amides is 2. The Morgan fingerprint density at radius 3 is 2.73 bits per heavy atom. The fourth-order valence-electron chi connectivity index (χ4n) is 3.19. The summed E-state index contributed by atoms with van der Waals surface area (Å²) in [4.78, 5) is 37.1. The van der Waals surface area contributed by atoms with Gasteiger partial charge in [0.25, 0.3) is 17.5 Å². The molecule has 6 N–H and O–H groups in total. The zero-order valence-corrected chi connectivity index (χ0v) is 16.8. The first-order valence-corrected chi connectivity index (χ1v) is 9.99. The summed E-state index contributed by atoms with van der Waals surface area (Å²) in [6.45, 7) is 0.140. The fourth-order valence-corrected chi connectivity index (χ4v) is 4.31. The molecule has 0 spiro atoms. The van der Waals surface area contributed by atoms with Gasteiger partial charge in [0.15, 0.2) is 6.10 Å². The van der Waals surface area contributed by atoms with Crippen LogP contribution >= 0.6 is 11.8 Å². The summed E-state index contributed by atoms with van der Waals surface area (Å²) in [5.74, 6) is -2.93. The van der Waals surface area contributed by atoms with Crippen molar-refractivity contribution < 1.29 is 39.5 Å². The van der Waals surface area contributed by atoms with E-state index in [1.54, 1.807) is 24.3 Å². The topological polar surface area (TPSA) is 165 Å². The Morgan fingerprint density at radius 1 is 1.33 bits per heavy atom. The lowest BCUT2D eigenvalue weighted by Crippen LogP contribution is -2.83. The molecule has 11 heteroatoms. The molecule has 30 heavy (non-hydrogen) atoms. The predicted molar refractivity (Wildman–Crippen MR) is 104 cm³/mol. The molecule has 3 heterocycles. The molecule has 0 unspecified atom stereocenters. The predicted octanol–water partition coefficient (Wildman–Crippen LogP) is -1.51. The minimum absolute atomic E-state index is 0.135. The second-order valence-corrected chi connectivity index (χ2v) is 8.48. The summed E-state index contributed by atoms with van der Waals surface area (Å²) in [7, 11) is 0. The lowest BCUT2D eigenvalue weighted by Gasteiger charge is -2.49. The normalized spacial score (nSPS) is 32.0. The number of aliphatic hydroxyl groups excluding tert-OH is 2. The van der Waals surface area contributed by atoms with E-state index < -0.39 is 47.5 Å². The number of fused-ring (bicyclic) bond motifs is 4. The monoisotopic (exact) mass is 438 g/mol. The number of benzene rings is 1. The van der Waals surface area contributed by atoms with E-state index in [2.05, 4.69) is 10.6 Å². The Labute approximate surface area is 175 Å². The smallest absolute Gasteiger partial charge is 0.291 e. The highest BCUT2D eigenvalue weighted by atomic mass is 32.2. The summed E-state index contributed by atoms with van der Waals surface area (Å²) in [5, 5.41) is 45.2. The summed E-state index contributed by atoms with van der Waals surface area (Å²) in [6.07, 6.45) is 1.05. The Bertz CT molecular complexity index is 891. The van der Waals surface area contributed by atoms with E-state index in [1.165, 1.54) is 17.8 Å². The van der Waals surface area contributed by atoms with E-state index in [4.69, 9.17) is 4.74 Å². The number of carbonyl (C=O) groups is 3. The largest absolute Gasteiger partial charge is 0.464 e. The Kier molecular flexibility index (Phi) is 5.94. The molecule has 10 nitrogen and oxygen atoms in total. The molecule has 0 aliphatic carbocycles. The van der Waals surface area contributed by atoms with Crippen molar-refractivity contribution >= 4 is 29.9 Å². The van der Waals surface area contributed by atoms with E-state index in [1.807, 2.05) is 0 Å². The number of thioether (sulfide) groups is 1. The van der Waals surface area contributed by atoms with Crippen LogP contribution in [0.25, 0.3) is 0 Å². The van der Waals surface area contributed by atoms with Gasteiger partial charge < -0.3 is 35.8 Å². The molecule has 0 radical (unpaired) electrons. The quantitative estimate of drug-likeness (QED) is 0.219. The maximum atomic E-state index is 12.8. The SMILES string of the molecule is C[C@](O)(CO)[C@H](O)[C@@]12NC(=O)[C@@](O)(NC1=O)[C@H](CSc1cccc(C=O)c1)/C=C\O2. The van der Waals surface area contributed by atoms with Gasteiger partial charge in [0.05, 0.1) is 12.9 Å². The molecule has 1 saturated heterocycles. The zero-order valence-electron chi connectivity index (χ0n) is 15.9. The molecule has 1 aromatic carbocycles. The van der Waals surface area contributed by atoms with Gasteiger partial charge in [0, 0.05) is 22.1 Å². The fraction of sp³-hybridized carbons (Fsp3) is 0.421. The highest BCUT2D eigenvalue weighted by molar-refractivity contribution is 7.99. The van der Waals surface area contributed by atoms with Crippen LogP contribution in [0.1, 0.15) is 17.3 Å². The van der Waals surface area contributed by atoms with Crippen molar-refractivity contribution in [3.05, 3.63) is 42.2 Å². The van der Waals surface area contributed by atoms with E-state index in [-0.39, 0.29) is 5.75 Å². The van der Waals surface area contributed by atoms with Crippen LogP contribution in [-0.4, -0.2) is 74.0 Å². The minimum Gasteiger partial charge on any atom is -0.464 e. The number of aldehydes is 1. The molecule has 0 saturated carbocycles. The molecule has 3 aliphatic rings. The van der Waals surface area contributed by atoms with E-state index in [9.17, 15) is 34.8 Å². The molecule has 4 rings (SSSR count). The standard InChI is InChI=1S/C19H22N2O8S/c1-17(27,10-23)14(24)19-16(26)20-18(28,15(25)21-19)12(5-6-29-19)9-30-13-4-2-3-11(7-13)8-22/h2-8,12,14,23-24,27-28H,9-10H2,1H3,(H,20,26)(H,21,25)/b6-5-/t12-,14-,17-,18+,19-/m0/s1. The van der Waals surface area contributed by atoms with Gasteiger partial charge in [-0.25, -0.2) is 0 Å². The summed E-state index contributed by atoms with van der Waals surface area (Å²) >= 11 is 1.24. The number of hydrogen-bond acceptors (Lipinski definition) is 9. The second-order valence-electron chi connectivity index (χ2n) is 7.38. The number of piperazine rings is 1. The Balaban J connectivity index is 1.88. The van der Waals surface area contributed by atoms with Crippen LogP contribution in [0.4, 0.5) is 0 Å². The van der Waals surface area contributed by atoms with Gasteiger partial charge in [-0.05, 0) is 25.1 Å². The molecule has 0 aromatic heterocycles. The van der Waals surface area contributed by atoms with Crippen molar-refractivity contribution in [3.8, 4) is 0 Å².